The number of hydrogen-bond donors (Lipinski definition) is 1. The van der Waals surface area contributed by atoms with Crippen LogP contribution in [0.2, 0.25) is 0 Å². The molecule has 4 nitrogen and oxygen atoms in total. The summed E-state index contributed by atoms with van der Waals surface area (Å²) in [5.74, 6) is 0.887. The highest BCUT2D eigenvalue weighted by molar-refractivity contribution is 5.75. The van der Waals surface area contributed by atoms with Gasteiger partial charge in [-0.05, 0) is 42.7 Å². The molecule has 2 aromatic carbocycles. The zero-order valence-electron chi connectivity index (χ0n) is 13.8. The van der Waals surface area contributed by atoms with Crippen LogP contribution in [0, 0.1) is 0 Å². The maximum Gasteiger partial charge on any atom is 0.387 e. The molecule has 2 aromatic rings. The quantitative estimate of drug-likeness (QED) is 0.664. The molecule has 0 aromatic heterocycles. The molecule has 0 saturated heterocycles. The van der Waals surface area contributed by atoms with Gasteiger partial charge in [-0.1, -0.05) is 30.3 Å². The minimum absolute atomic E-state index is 0.0330. The molecular weight excluding hydrogens is 328 g/mol. The summed E-state index contributed by atoms with van der Waals surface area (Å²) in [7, 11) is 0. The van der Waals surface area contributed by atoms with E-state index in [0.29, 0.717) is 32.4 Å². The molecular formula is C19H21F2NO3. The van der Waals surface area contributed by atoms with E-state index in [4.69, 9.17) is 4.74 Å². The maximum atomic E-state index is 12.1. The Labute approximate surface area is 145 Å². The van der Waals surface area contributed by atoms with Crippen LogP contribution in [0.5, 0.6) is 11.5 Å². The van der Waals surface area contributed by atoms with Crippen LogP contribution in [0.15, 0.2) is 54.6 Å². The van der Waals surface area contributed by atoms with Gasteiger partial charge < -0.3 is 14.8 Å². The van der Waals surface area contributed by atoms with Crippen LogP contribution < -0.4 is 14.8 Å². The van der Waals surface area contributed by atoms with Gasteiger partial charge in [-0.3, -0.25) is 4.79 Å². The largest absolute Gasteiger partial charge is 0.494 e. The topological polar surface area (TPSA) is 47.6 Å². The first-order valence-electron chi connectivity index (χ1n) is 8.12. The highest BCUT2D eigenvalue weighted by Crippen LogP contribution is 2.15. The summed E-state index contributed by atoms with van der Waals surface area (Å²) in [6.45, 7) is -1.84. The van der Waals surface area contributed by atoms with Crippen molar-refractivity contribution in [1.29, 1.82) is 0 Å². The van der Waals surface area contributed by atoms with Crippen molar-refractivity contribution in [2.45, 2.75) is 25.9 Å². The molecule has 25 heavy (non-hydrogen) atoms. The summed E-state index contributed by atoms with van der Waals surface area (Å²) in [6.07, 6.45) is 1.66. The third kappa shape index (κ3) is 7.65. The highest BCUT2D eigenvalue weighted by Gasteiger charge is 2.04. The van der Waals surface area contributed by atoms with Crippen molar-refractivity contribution in [3.05, 3.63) is 60.2 Å². The SMILES string of the molecule is O=C(CCCOc1ccccc1)NCCc1ccc(OC(F)F)cc1. The molecule has 0 bridgehead atoms. The average molecular weight is 349 g/mol. The van der Waals surface area contributed by atoms with Crippen molar-refractivity contribution in [3.8, 4) is 11.5 Å². The first-order valence-corrected chi connectivity index (χ1v) is 8.12. The first kappa shape index (κ1) is 18.7. The van der Waals surface area contributed by atoms with E-state index in [1.165, 1.54) is 12.1 Å². The molecule has 0 spiro atoms. The van der Waals surface area contributed by atoms with Gasteiger partial charge in [0, 0.05) is 13.0 Å². The van der Waals surface area contributed by atoms with Crippen molar-refractivity contribution >= 4 is 5.91 Å². The summed E-state index contributed by atoms with van der Waals surface area (Å²) in [6, 6.07) is 15.8. The van der Waals surface area contributed by atoms with Gasteiger partial charge in [-0.2, -0.15) is 8.78 Å². The first-order chi connectivity index (χ1) is 12.1. The number of nitrogens with one attached hydrogen (secondary N) is 1. The third-order valence-corrected chi connectivity index (χ3v) is 3.44. The number of carbonyl (C=O) groups is 1. The van der Waals surface area contributed by atoms with Gasteiger partial charge in [0.2, 0.25) is 5.91 Å². The summed E-state index contributed by atoms with van der Waals surface area (Å²) in [4.78, 5) is 11.7. The molecule has 0 unspecified atom stereocenters. The van der Waals surface area contributed by atoms with Crippen LogP contribution >= 0.6 is 0 Å². The Kier molecular flexibility index (Phi) is 7.69. The number of benzene rings is 2. The molecule has 134 valence electrons. The van der Waals surface area contributed by atoms with Crippen LogP contribution in [0.25, 0.3) is 0 Å². The number of para-hydroxylation sites is 1. The lowest BCUT2D eigenvalue weighted by Gasteiger charge is -2.08. The average Bonchev–Trinajstić information content (AvgIpc) is 2.61. The second-order valence-corrected chi connectivity index (χ2v) is 5.39. The Balaban J connectivity index is 1.57. The monoisotopic (exact) mass is 349 g/mol. The second-order valence-electron chi connectivity index (χ2n) is 5.39. The molecule has 0 aliphatic rings. The summed E-state index contributed by atoms with van der Waals surface area (Å²) < 4.78 is 33.9. The minimum Gasteiger partial charge on any atom is -0.494 e. The molecule has 0 radical (unpaired) electrons. The fourth-order valence-corrected chi connectivity index (χ4v) is 2.21. The van der Waals surface area contributed by atoms with E-state index >= 15 is 0 Å². The Morgan fingerprint density at radius 1 is 1.00 bits per heavy atom. The Hall–Kier alpha value is -2.63. The van der Waals surface area contributed by atoms with Gasteiger partial charge in [0.1, 0.15) is 11.5 Å². The van der Waals surface area contributed by atoms with E-state index in [9.17, 15) is 13.6 Å². The number of hydrogen-bond acceptors (Lipinski definition) is 3. The van der Waals surface area contributed by atoms with Gasteiger partial charge in [-0.15, -0.1) is 0 Å². The molecule has 0 fully saturated rings. The predicted octanol–water partition coefficient (Wildman–Crippen LogP) is 3.81. The fraction of sp³-hybridized carbons (Fsp3) is 0.316. The number of carbonyl (C=O) groups excluding carboxylic acids is 1. The van der Waals surface area contributed by atoms with E-state index in [1.807, 2.05) is 30.3 Å². The maximum absolute atomic E-state index is 12.1. The van der Waals surface area contributed by atoms with Crippen molar-refractivity contribution in [3.63, 3.8) is 0 Å². The van der Waals surface area contributed by atoms with Gasteiger partial charge in [0.05, 0.1) is 6.61 Å². The van der Waals surface area contributed by atoms with E-state index in [1.54, 1.807) is 12.1 Å². The smallest absolute Gasteiger partial charge is 0.387 e. The lowest BCUT2D eigenvalue weighted by molar-refractivity contribution is -0.121. The molecule has 1 amide bonds. The van der Waals surface area contributed by atoms with Gasteiger partial charge in [0.25, 0.3) is 0 Å². The van der Waals surface area contributed by atoms with Crippen molar-refractivity contribution in [1.82, 2.24) is 5.32 Å². The number of halogens is 2. The zero-order chi connectivity index (χ0) is 17.9. The van der Waals surface area contributed by atoms with E-state index < -0.39 is 6.61 Å². The molecule has 6 heteroatoms. The van der Waals surface area contributed by atoms with Crippen LogP contribution in [0.4, 0.5) is 8.78 Å². The number of rotatable bonds is 10. The van der Waals surface area contributed by atoms with Crippen molar-refractivity contribution in [2.24, 2.45) is 0 Å². The van der Waals surface area contributed by atoms with E-state index in [2.05, 4.69) is 10.1 Å². The normalized spacial score (nSPS) is 10.5. The lowest BCUT2D eigenvalue weighted by Crippen LogP contribution is -2.25. The summed E-state index contributed by atoms with van der Waals surface area (Å²) in [5.41, 5.74) is 0.939. The molecule has 0 aliphatic heterocycles. The predicted molar refractivity (Wildman–Crippen MR) is 91.0 cm³/mol. The van der Waals surface area contributed by atoms with Crippen molar-refractivity contribution < 1.29 is 23.0 Å². The number of amides is 1. The minimum atomic E-state index is -2.82. The summed E-state index contributed by atoms with van der Waals surface area (Å²) in [5, 5.41) is 2.83. The molecule has 0 aliphatic carbocycles. The van der Waals surface area contributed by atoms with E-state index in [-0.39, 0.29) is 11.7 Å². The molecule has 0 heterocycles. The standard InChI is InChI=1S/C19H21F2NO3/c20-19(21)25-17-10-8-15(9-11-17)12-13-22-18(23)7-4-14-24-16-5-2-1-3-6-16/h1-3,5-6,8-11,19H,4,7,12-14H2,(H,22,23). The highest BCUT2D eigenvalue weighted by atomic mass is 19.3. The third-order valence-electron chi connectivity index (χ3n) is 3.44. The van der Waals surface area contributed by atoms with Crippen LogP contribution in [0.3, 0.4) is 0 Å². The number of alkyl halides is 2. The van der Waals surface area contributed by atoms with E-state index in [0.717, 1.165) is 11.3 Å². The van der Waals surface area contributed by atoms with Crippen LogP contribution in [-0.4, -0.2) is 25.7 Å². The molecule has 1 N–H and O–H groups in total. The Morgan fingerprint density at radius 3 is 2.40 bits per heavy atom. The summed E-state index contributed by atoms with van der Waals surface area (Å²) >= 11 is 0. The van der Waals surface area contributed by atoms with Crippen LogP contribution in [-0.2, 0) is 11.2 Å². The van der Waals surface area contributed by atoms with Gasteiger partial charge in [-0.25, -0.2) is 0 Å². The Bertz CT molecular complexity index is 633. The zero-order valence-corrected chi connectivity index (χ0v) is 13.8. The fourth-order valence-electron chi connectivity index (χ4n) is 2.21. The lowest BCUT2D eigenvalue weighted by atomic mass is 10.1. The molecule has 2 rings (SSSR count). The number of ether oxygens (including phenoxy) is 2. The van der Waals surface area contributed by atoms with Gasteiger partial charge in [0.15, 0.2) is 0 Å². The second kappa shape index (κ2) is 10.3. The van der Waals surface area contributed by atoms with Crippen LogP contribution in [0.1, 0.15) is 18.4 Å². The Morgan fingerprint density at radius 2 is 1.72 bits per heavy atom. The van der Waals surface area contributed by atoms with Crippen molar-refractivity contribution in [2.75, 3.05) is 13.2 Å². The molecule has 0 saturated carbocycles. The van der Waals surface area contributed by atoms with Gasteiger partial charge >= 0.3 is 6.61 Å². The molecule has 0 atom stereocenters.